The number of aromatic nitrogens is 2. The van der Waals surface area contributed by atoms with Crippen LogP contribution in [0.2, 0.25) is 0 Å². The molecule has 2 aromatic rings. The minimum absolute atomic E-state index is 0.0859. The molecule has 0 radical (unpaired) electrons. The standard InChI is InChI=1S/C11H7FN4/c12-9-5-8(10(14)4-7(9)6-13)11-15-2-1-3-16-11/h1-5H,14H2. The lowest BCUT2D eigenvalue weighted by Crippen LogP contribution is -1.97. The number of halogens is 1. The van der Waals surface area contributed by atoms with Crippen molar-refractivity contribution in [2.45, 2.75) is 0 Å². The highest BCUT2D eigenvalue weighted by molar-refractivity contribution is 5.72. The summed E-state index contributed by atoms with van der Waals surface area (Å²) in [5, 5.41) is 8.63. The normalized spacial score (nSPS) is 9.75. The number of nitrogens with two attached hydrogens (primary N) is 1. The number of anilines is 1. The first-order valence-corrected chi connectivity index (χ1v) is 4.49. The van der Waals surface area contributed by atoms with E-state index in [9.17, 15) is 4.39 Å². The van der Waals surface area contributed by atoms with Gasteiger partial charge in [0.05, 0.1) is 5.56 Å². The predicted octanol–water partition coefficient (Wildman–Crippen LogP) is 1.74. The molecule has 1 aromatic carbocycles. The second-order valence-electron chi connectivity index (χ2n) is 3.10. The molecule has 2 N–H and O–H groups in total. The van der Waals surface area contributed by atoms with Gasteiger partial charge < -0.3 is 5.73 Å². The molecule has 0 bridgehead atoms. The van der Waals surface area contributed by atoms with Crippen LogP contribution in [0, 0.1) is 17.1 Å². The number of nitriles is 1. The van der Waals surface area contributed by atoms with Gasteiger partial charge in [-0.15, -0.1) is 0 Å². The Morgan fingerprint density at radius 3 is 2.56 bits per heavy atom. The third kappa shape index (κ3) is 1.68. The van der Waals surface area contributed by atoms with E-state index in [-0.39, 0.29) is 11.3 Å². The summed E-state index contributed by atoms with van der Waals surface area (Å²) in [6.45, 7) is 0. The molecule has 1 heterocycles. The fourth-order valence-corrected chi connectivity index (χ4v) is 1.31. The van der Waals surface area contributed by atoms with Crippen LogP contribution in [-0.2, 0) is 0 Å². The summed E-state index contributed by atoms with van der Waals surface area (Å²) in [7, 11) is 0. The first-order chi connectivity index (χ1) is 7.72. The van der Waals surface area contributed by atoms with Gasteiger partial charge in [-0.3, -0.25) is 0 Å². The maximum atomic E-state index is 13.4. The lowest BCUT2D eigenvalue weighted by Gasteiger charge is -2.04. The lowest BCUT2D eigenvalue weighted by atomic mass is 10.1. The molecule has 2 rings (SSSR count). The van der Waals surface area contributed by atoms with Crippen LogP contribution in [0.25, 0.3) is 11.4 Å². The molecule has 4 nitrogen and oxygen atoms in total. The molecule has 0 saturated heterocycles. The Hall–Kier alpha value is -2.48. The SMILES string of the molecule is N#Cc1cc(N)c(-c2ncccn2)cc1F. The van der Waals surface area contributed by atoms with Crippen molar-refractivity contribution in [3.63, 3.8) is 0 Å². The van der Waals surface area contributed by atoms with Gasteiger partial charge in [-0.1, -0.05) is 0 Å². The summed E-state index contributed by atoms with van der Waals surface area (Å²) in [4.78, 5) is 7.93. The fourth-order valence-electron chi connectivity index (χ4n) is 1.31. The van der Waals surface area contributed by atoms with E-state index in [4.69, 9.17) is 11.0 Å². The third-order valence-corrected chi connectivity index (χ3v) is 2.07. The molecule has 0 saturated carbocycles. The first kappa shape index (κ1) is 10.1. The molecule has 0 aliphatic rings. The van der Waals surface area contributed by atoms with E-state index in [2.05, 4.69) is 9.97 Å². The maximum absolute atomic E-state index is 13.4. The van der Waals surface area contributed by atoms with Crippen molar-refractivity contribution in [2.24, 2.45) is 0 Å². The van der Waals surface area contributed by atoms with Gasteiger partial charge in [-0.05, 0) is 18.2 Å². The van der Waals surface area contributed by atoms with Gasteiger partial charge in [0.2, 0.25) is 0 Å². The Morgan fingerprint density at radius 2 is 1.94 bits per heavy atom. The van der Waals surface area contributed by atoms with Crippen molar-refractivity contribution >= 4 is 5.69 Å². The topological polar surface area (TPSA) is 75.6 Å². The first-order valence-electron chi connectivity index (χ1n) is 4.49. The lowest BCUT2D eigenvalue weighted by molar-refractivity contribution is 0.624. The Bertz CT molecular complexity index is 560. The van der Waals surface area contributed by atoms with Gasteiger partial charge in [-0.25, -0.2) is 14.4 Å². The molecular weight excluding hydrogens is 207 g/mol. The monoisotopic (exact) mass is 214 g/mol. The number of nitrogen functional groups attached to an aromatic ring is 1. The summed E-state index contributed by atoms with van der Waals surface area (Å²) < 4.78 is 13.4. The molecule has 5 heteroatoms. The van der Waals surface area contributed by atoms with E-state index in [0.29, 0.717) is 11.4 Å². The van der Waals surface area contributed by atoms with Crippen LogP contribution in [0.5, 0.6) is 0 Å². The zero-order chi connectivity index (χ0) is 11.5. The van der Waals surface area contributed by atoms with Crippen LogP contribution in [0.1, 0.15) is 5.56 Å². The molecule has 0 spiro atoms. The average Bonchev–Trinajstić information content (AvgIpc) is 2.32. The Morgan fingerprint density at radius 1 is 1.25 bits per heavy atom. The van der Waals surface area contributed by atoms with Crippen molar-refractivity contribution < 1.29 is 4.39 Å². The van der Waals surface area contributed by atoms with Gasteiger partial charge in [-0.2, -0.15) is 5.26 Å². The van der Waals surface area contributed by atoms with Gasteiger partial charge >= 0.3 is 0 Å². The smallest absolute Gasteiger partial charge is 0.161 e. The van der Waals surface area contributed by atoms with E-state index in [1.807, 2.05) is 0 Å². The summed E-state index contributed by atoms with van der Waals surface area (Å²) in [6.07, 6.45) is 3.08. The van der Waals surface area contributed by atoms with Crippen LogP contribution < -0.4 is 5.73 Å². The quantitative estimate of drug-likeness (QED) is 0.733. The summed E-state index contributed by atoms with van der Waals surface area (Å²) in [6, 6.07) is 5.82. The molecule has 0 fully saturated rings. The molecular formula is C11H7FN4. The van der Waals surface area contributed by atoms with Crippen molar-refractivity contribution in [1.29, 1.82) is 5.26 Å². The zero-order valence-corrected chi connectivity index (χ0v) is 8.18. The fraction of sp³-hybridized carbons (Fsp3) is 0. The molecule has 0 atom stereocenters. The van der Waals surface area contributed by atoms with Gasteiger partial charge in [0.25, 0.3) is 0 Å². The second-order valence-corrected chi connectivity index (χ2v) is 3.10. The van der Waals surface area contributed by atoms with E-state index in [1.54, 1.807) is 12.1 Å². The highest BCUT2D eigenvalue weighted by atomic mass is 19.1. The summed E-state index contributed by atoms with van der Waals surface area (Å²) in [5.41, 5.74) is 6.28. The van der Waals surface area contributed by atoms with Crippen molar-refractivity contribution in [1.82, 2.24) is 9.97 Å². The molecule has 0 amide bonds. The van der Waals surface area contributed by atoms with Crippen molar-refractivity contribution in [3.8, 4) is 17.5 Å². The predicted molar refractivity (Wildman–Crippen MR) is 56.6 cm³/mol. The summed E-state index contributed by atoms with van der Waals surface area (Å²) in [5.74, 6) is -0.289. The van der Waals surface area contributed by atoms with Gasteiger partial charge in [0.1, 0.15) is 11.9 Å². The molecule has 0 aliphatic carbocycles. The number of hydrogen-bond acceptors (Lipinski definition) is 4. The van der Waals surface area contributed by atoms with E-state index in [1.165, 1.54) is 24.5 Å². The Labute approximate surface area is 91.2 Å². The second kappa shape index (κ2) is 3.95. The van der Waals surface area contributed by atoms with Crippen LogP contribution in [0.3, 0.4) is 0 Å². The molecule has 0 aliphatic heterocycles. The number of rotatable bonds is 1. The van der Waals surface area contributed by atoms with E-state index < -0.39 is 5.82 Å². The summed E-state index contributed by atoms with van der Waals surface area (Å²) >= 11 is 0. The number of nitrogens with zero attached hydrogens (tertiary/aromatic N) is 3. The highest BCUT2D eigenvalue weighted by Crippen LogP contribution is 2.25. The van der Waals surface area contributed by atoms with Crippen LogP contribution in [-0.4, -0.2) is 9.97 Å². The maximum Gasteiger partial charge on any atom is 0.161 e. The zero-order valence-electron chi connectivity index (χ0n) is 8.18. The molecule has 0 unspecified atom stereocenters. The minimum Gasteiger partial charge on any atom is -0.398 e. The van der Waals surface area contributed by atoms with Gasteiger partial charge in [0, 0.05) is 23.6 Å². The largest absolute Gasteiger partial charge is 0.398 e. The third-order valence-electron chi connectivity index (χ3n) is 2.07. The number of hydrogen-bond donors (Lipinski definition) is 1. The van der Waals surface area contributed by atoms with Crippen LogP contribution in [0.15, 0.2) is 30.6 Å². The van der Waals surface area contributed by atoms with Crippen molar-refractivity contribution in [3.05, 3.63) is 42.0 Å². The average molecular weight is 214 g/mol. The van der Waals surface area contributed by atoms with E-state index in [0.717, 1.165) is 0 Å². The molecule has 16 heavy (non-hydrogen) atoms. The van der Waals surface area contributed by atoms with Crippen LogP contribution >= 0.6 is 0 Å². The van der Waals surface area contributed by atoms with Gasteiger partial charge in [0.15, 0.2) is 5.82 Å². The minimum atomic E-state index is -0.626. The highest BCUT2D eigenvalue weighted by Gasteiger charge is 2.10. The Kier molecular flexibility index (Phi) is 2.48. The molecule has 1 aromatic heterocycles. The van der Waals surface area contributed by atoms with E-state index >= 15 is 0 Å². The molecule has 78 valence electrons. The Balaban J connectivity index is 2.60. The van der Waals surface area contributed by atoms with Crippen molar-refractivity contribution in [2.75, 3.05) is 5.73 Å². The van der Waals surface area contributed by atoms with Crippen LogP contribution in [0.4, 0.5) is 10.1 Å². The number of benzene rings is 1.